The minimum absolute atomic E-state index is 0.369. The maximum Gasteiger partial charge on any atom is 0.204 e. The molecule has 1 aliphatic rings. The van der Waals surface area contributed by atoms with Gasteiger partial charge in [-0.2, -0.15) is 0 Å². The molecule has 1 aliphatic heterocycles. The Hall–Kier alpha value is -2.30. The third-order valence-electron chi connectivity index (χ3n) is 3.62. The van der Waals surface area contributed by atoms with Crippen molar-refractivity contribution in [3.8, 4) is 5.75 Å². The molecule has 2 aromatic rings. The SMILES string of the molecule is COc1c(N)ncnc1N1CC(C)Cc2ccccc21. The molecule has 104 valence electrons. The Morgan fingerprint density at radius 1 is 1.30 bits per heavy atom. The average Bonchev–Trinajstić information content (AvgIpc) is 2.46. The third kappa shape index (κ3) is 2.05. The van der Waals surface area contributed by atoms with Gasteiger partial charge in [-0.1, -0.05) is 25.1 Å². The van der Waals surface area contributed by atoms with Gasteiger partial charge in [-0.15, -0.1) is 0 Å². The van der Waals surface area contributed by atoms with Crippen molar-refractivity contribution in [2.75, 3.05) is 24.3 Å². The van der Waals surface area contributed by atoms with Crippen LogP contribution in [0.4, 0.5) is 17.3 Å². The number of rotatable bonds is 2. The quantitative estimate of drug-likeness (QED) is 0.907. The van der Waals surface area contributed by atoms with Gasteiger partial charge in [0.2, 0.25) is 5.75 Å². The van der Waals surface area contributed by atoms with Crippen LogP contribution in [0.15, 0.2) is 30.6 Å². The Bertz CT molecular complexity index is 629. The van der Waals surface area contributed by atoms with E-state index < -0.39 is 0 Å². The lowest BCUT2D eigenvalue weighted by Crippen LogP contribution is -2.31. The highest BCUT2D eigenvalue weighted by Gasteiger charge is 2.26. The minimum atomic E-state index is 0.369. The van der Waals surface area contributed by atoms with Crippen LogP contribution < -0.4 is 15.4 Å². The summed E-state index contributed by atoms with van der Waals surface area (Å²) in [5, 5.41) is 0. The molecule has 3 rings (SSSR count). The van der Waals surface area contributed by atoms with Crippen molar-refractivity contribution in [2.45, 2.75) is 13.3 Å². The number of benzene rings is 1. The number of nitrogen functional groups attached to an aromatic ring is 1. The molecular weight excluding hydrogens is 252 g/mol. The topological polar surface area (TPSA) is 64.3 Å². The monoisotopic (exact) mass is 270 g/mol. The molecule has 0 saturated carbocycles. The zero-order chi connectivity index (χ0) is 14.1. The van der Waals surface area contributed by atoms with Crippen molar-refractivity contribution >= 4 is 17.3 Å². The van der Waals surface area contributed by atoms with Crippen molar-refractivity contribution < 1.29 is 4.74 Å². The molecule has 0 bridgehead atoms. The van der Waals surface area contributed by atoms with E-state index in [1.54, 1.807) is 7.11 Å². The van der Waals surface area contributed by atoms with E-state index in [4.69, 9.17) is 10.5 Å². The zero-order valence-electron chi connectivity index (χ0n) is 11.7. The summed E-state index contributed by atoms with van der Waals surface area (Å²) in [5.74, 6) is 2.19. The summed E-state index contributed by atoms with van der Waals surface area (Å²) >= 11 is 0. The predicted molar refractivity (Wildman–Crippen MR) is 79.3 cm³/mol. The van der Waals surface area contributed by atoms with Crippen LogP contribution in [0.3, 0.4) is 0 Å². The fourth-order valence-electron chi connectivity index (χ4n) is 2.76. The number of nitrogens with zero attached hydrogens (tertiary/aromatic N) is 3. The molecule has 5 heteroatoms. The molecule has 0 amide bonds. The molecule has 0 fully saturated rings. The number of anilines is 3. The highest BCUT2D eigenvalue weighted by molar-refractivity contribution is 5.73. The van der Waals surface area contributed by atoms with Crippen LogP contribution in [0.1, 0.15) is 12.5 Å². The standard InChI is InChI=1S/C15H18N4O/c1-10-7-11-5-3-4-6-12(11)19(8-10)15-13(20-2)14(16)17-9-18-15/h3-6,9-10H,7-8H2,1-2H3,(H2,16,17,18). The fraction of sp³-hybridized carbons (Fsp3) is 0.333. The zero-order valence-corrected chi connectivity index (χ0v) is 11.7. The number of fused-ring (bicyclic) bond motifs is 1. The maximum atomic E-state index is 5.89. The van der Waals surface area contributed by atoms with Crippen molar-refractivity contribution in [3.63, 3.8) is 0 Å². The van der Waals surface area contributed by atoms with Gasteiger partial charge in [0.1, 0.15) is 6.33 Å². The lowest BCUT2D eigenvalue weighted by Gasteiger charge is -2.34. The van der Waals surface area contributed by atoms with E-state index in [-0.39, 0.29) is 0 Å². The smallest absolute Gasteiger partial charge is 0.204 e. The second-order valence-corrected chi connectivity index (χ2v) is 5.16. The van der Waals surface area contributed by atoms with Crippen LogP contribution in [0.2, 0.25) is 0 Å². The molecule has 1 aromatic carbocycles. The van der Waals surface area contributed by atoms with Crippen LogP contribution in [0.25, 0.3) is 0 Å². The summed E-state index contributed by atoms with van der Waals surface area (Å²) in [6, 6.07) is 8.38. The molecule has 0 spiro atoms. The Labute approximate surface area is 118 Å². The first kappa shape index (κ1) is 12.7. The van der Waals surface area contributed by atoms with Gasteiger partial charge in [0.15, 0.2) is 11.6 Å². The van der Waals surface area contributed by atoms with Crippen molar-refractivity contribution in [3.05, 3.63) is 36.2 Å². The largest absolute Gasteiger partial charge is 0.490 e. The maximum absolute atomic E-state index is 5.89. The first-order valence-electron chi connectivity index (χ1n) is 6.70. The molecule has 0 saturated heterocycles. The van der Waals surface area contributed by atoms with Gasteiger partial charge >= 0.3 is 0 Å². The lowest BCUT2D eigenvalue weighted by atomic mass is 9.94. The lowest BCUT2D eigenvalue weighted by molar-refractivity contribution is 0.412. The van der Waals surface area contributed by atoms with Gasteiger partial charge in [-0.3, -0.25) is 0 Å². The number of ether oxygens (including phenoxy) is 1. The van der Waals surface area contributed by atoms with Gasteiger partial charge in [0.25, 0.3) is 0 Å². The Kier molecular flexibility index (Phi) is 3.18. The average molecular weight is 270 g/mol. The van der Waals surface area contributed by atoms with Crippen LogP contribution in [-0.4, -0.2) is 23.6 Å². The second-order valence-electron chi connectivity index (χ2n) is 5.16. The molecular formula is C15H18N4O. The Balaban J connectivity index is 2.13. The number of hydrogen-bond acceptors (Lipinski definition) is 5. The molecule has 2 N–H and O–H groups in total. The van der Waals surface area contributed by atoms with Crippen LogP contribution in [0.5, 0.6) is 5.75 Å². The van der Waals surface area contributed by atoms with Gasteiger partial charge in [0, 0.05) is 12.2 Å². The van der Waals surface area contributed by atoms with E-state index in [0.29, 0.717) is 17.5 Å². The van der Waals surface area contributed by atoms with Crippen LogP contribution >= 0.6 is 0 Å². The van der Waals surface area contributed by atoms with Crippen molar-refractivity contribution in [1.29, 1.82) is 0 Å². The Morgan fingerprint density at radius 3 is 2.90 bits per heavy atom. The van der Waals surface area contributed by atoms with E-state index in [0.717, 1.165) is 18.8 Å². The van der Waals surface area contributed by atoms with Crippen molar-refractivity contribution in [1.82, 2.24) is 9.97 Å². The van der Waals surface area contributed by atoms with Gasteiger partial charge < -0.3 is 15.4 Å². The third-order valence-corrected chi connectivity index (χ3v) is 3.62. The van der Waals surface area contributed by atoms with E-state index in [2.05, 4.69) is 40.0 Å². The summed E-state index contributed by atoms with van der Waals surface area (Å²) < 4.78 is 5.39. The predicted octanol–water partition coefficient (Wildman–Crippen LogP) is 2.40. The minimum Gasteiger partial charge on any atom is -0.490 e. The Morgan fingerprint density at radius 2 is 2.10 bits per heavy atom. The first-order valence-corrected chi connectivity index (χ1v) is 6.70. The normalized spacial score (nSPS) is 17.7. The highest BCUT2D eigenvalue weighted by atomic mass is 16.5. The number of hydrogen-bond donors (Lipinski definition) is 1. The van der Waals surface area contributed by atoms with Gasteiger partial charge in [0.05, 0.1) is 7.11 Å². The molecule has 1 aromatic heterocycles. The number of nitrogens with two attached hydrogens (primary N) is 1. The summed E-state index contributed by atoms with van der Waals surface area (Å²) in [7, 11) is 1.60. The van der Waals surface area contributed by atoms with Crippen LogP contribution in [0, 0.1) is 5.92 Å². The summed E-state index contributed by atoms with van der Waals surface area (Å²) in [6.45, 7) is 3.13. The van der Waals surface area contributed by atoms with Gasteiger partial charge in [-0.25, -0.2) is 9.97 Å². The van der Waals surface area contributed by atoms with Crippen molar-refractivity contribution in [2.24, 2.45) is 5.92 Å². The fourth-order valence-corrected chi connectivity index (χ4v) is 2.76. The molecule has 0 radical (unpaired) electrons. The van der Waals surface area contributed by atoms with E-state index in [9.17, 15) is 0 Å². The molecule has 1 unspecified atom stereocenters. The van der Waals surface area contributed by atoms with Gasteiger partial charge in [-0.05, 0) is 24.0 Å². The number of para-hydroxylation sites is 1. The van der Waals surface area contributed by atoms with E-state index in [1.807, 2.05) is 6.07 Å². The summed E-state index contributed by atoms with van der Waals surface area (Å²) in [6.07, 6.45) is 2.56. The van der Waals surface area contributed by atoms with E-state index >= 15 is 0 Å². The summed E-state index contributed by atoms with van der Waals surface area (Å²) in [4.78, 5) is 10.5. The number of aromatic nitrogens is 2. The second kappa shape index (κ2) is 5.00. The first-order chi connectivity index (χ1) is 9.70. The molecule has 0 aliphatic carbocycles. The summed E-state index contributed by atoms with van der Waals surface area (Å²) in [5.41, 5.74) is 8.38. The molecule has 1 atom stereocenters. The molecule has 2 heterocycles. The van der Waals surface area contributed by atoms with E-state index in [1.165, 1.54) is 17.6 Å². The highest BCUT2D eigenvalue weighted by Crippen LogP contribution is 2.39. The number of methoxy groups -OCH3 is 1. The molecule has 20 heavy (non-hydrogen) atoms. The molecule has 5 nitrogen and oxygen atoms in total. The van der Waals surface area contributed by atoms with Crippen LogP contribution in [-0.2, 0) is 6.42 Å².